The fourth-order valence-corrected chi connectivity index (χ4v) is 3.18. The molecule has 7 heteroatoms. The van der Waals surface area contributed by atoms with Crippen LogP contribution in [0.5, 0.6) is 0 Å². The van der Waals surface area contributed by atoms with Crippen molar-refractivity contribution < 1.29 is 9.72 Å². The SMILES string of the molecule is Cc1nc(NC(=O)[C@H]2C[C@@H]2[N+](=O)[O-])sc1-c1ccccc1. The van der Waals surface area contributed by atoms with Gasteiger partial charge >= 0.3 is 0 Å². The van der Waals surface area contributed by atoms with E-state index in [1.807, 2.05) is 37.3 Å². The van der Waals surface area contributed by atoms with Gasteiger partial charge in [0.25, 0.3) is 0 Å². The maximum absolute atomic E-state index is 11.9. The molecule has 0 spiro atoms. The van der Waals surface area contributed by atoms with E-state index in [1.54, 1.807) is 0 Å². The molecule has 0 aliphatic heterocycles. The normalized spacial score (nSPS) is 20.0. The summed E-state index contributed by atoms with van der Waals surface area (Å²) < 4.78 is 0. The Bertz CT molecular complexity index is 699. The van der Waals surface area contributed by atoms with E-state index in [-0.39, 0.29) is 5.91 Å². The molecule has 1 aromatic heterocycles. The Balaban J connectivity index is 1.73. The van der Waals surface area contributed by atoms with Gasteiger partial charge in [0, 0.05) is 11.3 Å². The number of carbonyl (C=O) groups excluding carboxylic acids is 1. The number of nitrogens with one attached hydrogen (secondary N) is 1. The van der Waals surface area contributed by atoms with Gasteiger partial charge < -0.3 is 5.32 Å². The smallest absolute Gasteiger partial charge is 0.236 e. The minimum absolute atomic E-state index is 0.314. The second kappa shape index (κ2) is 5.25. The number of benzene rings is 1. The summed E-state index contributed by atoms with van der Waals surface area (Å²) in [5.41, 5.74) is 1.88. The third-order valence-corrected chi connectivity index (χ3v) is 4.55. The molecule has 1 aromatic carbocycles. The Hall–Kier alpha value is -2.28. The van der Waals surface area contributed by atoms with Crippen LogP contribution in [0.25, 0.3) is 10.4 Å². The lowest BCUT2D eigenvalue weighted by Crippen LogP contribution is -2.18. The summed E-state index contributed by atoms with van der Waals surface area (Å²) in [5.74, 6) is -0.838. The van der Waals surface area contributed by atoms with Crippen LogP contribution in [0.4, 0.5) is 5.13 Å². The fraction of sp³-hybridized carbons (Fsp3) is 0.286. The van der Waals surface area contributed by atoms with Gasteiger partial charge in [0.1, 0.15) is 5.92 Å². The predicted octanol–water partition coefficient (Wildman–Crippen LogP) is 2.72. The van der Waals surface area contributed by atoms with Gasteiger partial charge in [0.15, 0.2) is 5.13 Å². The lowest BCUT2D eigenvalue weighted by Gasteiger charge is -1.98. The Morgan fingerprint density at radius 2 is 2.14 bits per heavy atom. The van der Waals surface area contributed by atoms with Crippen molar-refractivity contribution in [3.05, 3.63) is 46.1 Å². The molecule has 1 aliphatic carbocycles. The van der Waals surface area contributed by atoms with Gasteiger partial charge in [-0.3, -0.25) is 14.9 Å². The molecule has 1 amide bonds. The number of hydrogen-bond donors (Lipinski definition) is 1. The second-order valence-electron chi connectivity index (χ2n) is 4.98. The van der Waals surface area contributed by atoms with Crippen molar-refractivity contribution in [2.45, 2.75) is 19.4 Å². The summed E-state index contributed by atoms with van der Waals surface area (Å²) in [6.07, 6.45) is 0.314. The highest BCUT2D eigenvalue weighted by Gasteiger charge is 2.53. The molecule has 1 fully saturated rings. The zero-order valence-corrected chi connectivity index (χ0v) is 12.1. The van der Waals surface area contributed by atoms with Crippen LogP contribution < -0.4 is 5.32 Å². The van der Waals surface area contributed by atoms with Gasteiger partial charge in [0.2, 0.25) is 11.9 Å². The number of thiazole rings is 1. The Morgan fingerprint density at radius 3 is 2.76 bits per heavy atom. The molecule has 0 saturated heterocycles. The van der Waals surface area contributed by atoms with E-state index in [9.17, 15) is 14.9 Å². The van der Waals surface area contributed by atoms with E-state index in [1.165, 1.54) is 11.3 Å². The molecule has 3 rings (SSSR count). The molecule has 2 atom stereocenters. The molecule has 0 unspecified atom stereocenters. The number of aromatic nitrogens is 1. The second-order valence-corrected chi connectivity index (χ2v) is 5.98. The molecule has 1 saturated carbocycles. The average Bonchev–Trinajstić information content (AvgIpc) is 3.19. The van der Waals surface area contributed by atoms with Gasteiger partial charge in [-0.1, -0.05) is 41.7 Å². The highest BCUT2D eigenvalue weighted by Crippen LogP contribution is 2.36. The van der Waals surface area contributed by atoms with Gasteiger partial charge in [-0.15, -0.1) is 0 Å². The van der Waals surface area contributed by atoms with E-state index < -0.39 is 16.9 Å². The predicted molar refractivity (Wildman–Crippen MR) is 79.8 cm³/mol. The summed E-state index contributed by atoms with van der Waals surface area (Å²) in [7, 11) is 0. The summed E-state index contributed by atoms with van der Waals surface area (Å²) in [4.78, 5) is 27.4. The first kappa shape index (κ1) is 13.7. The molecule has 0 bridgehead atoms. The molecule has 21 heavy (non-hydrogen) atoms. The number of carbonyl (C=O) groups is 1. The van der Waals surface area contributed by atoms with Crippen LogP contribution in [-0.4, -0.2) is 21.9 Å². The summed E-state index contributed by atoms with van der Waals surface area (Å²) >= 11 is 1.38. The molecule has 1 aliphatic rings. The van der Waals surface area contributed by atoms with Gasteiger partial charge in [-0.25, -0.2) is 4.98 Å². The molecule has 6 nitrogen and oxygen atoms in total. The zero-order chi connectivity index (χ0) is 15.0. The number of hydrogen-bond acceptors (Lipinski definition) is 5. The van der Waals surface area contributed by atoms with E-state index in [0.29, 0.717) is 11.6 Å². The Labute approximate surface area is 125 Å². The summed E-state index contributed by atoms with van der Waals surface area (Å²) in [6.45, 7) is 1.88. The van der Waals surface area contributed by atoms with Crippen LogP contribution in [0.15, 0.2) is 30.3 Å². The monoisotopic (exact) mass is 303 g/mol. The van der Waals surface area contributed by atoms with Crippen LogP contribution in [0.3, 0.4) is 0 Å². The number of rotatable bonds is 4. The van der Waals surface area contributed by atoms with Crippen LogP contribution in [0.1, 0.15) is 12.1 Å². The molecular formula is C14H13N3O3S. The first-order valence-corrected chi connectivity index (χ1v) is 7.35. The molecule has 2 aromatic rings. The molecule has 108 valence electrons. The van der Waals surface area contributed by atoms with Crippen LogP contribution >= 0.6 is 11.3 Å². The Kier molecular flexibility index (Phi) is 3.42. The van der Waals surface area contributed by atoms with Gasteiger partial charge in [-0.05, 0) is 12.5 Å². The molecule has 0 radical (unpaired) electrons. The number of aryl methyl sites for hydroxylation is 1. The third-order valence-electron chi connectivity index (χ3n) is 3.43. The first-order valence-electron chi connectivity index (χ1n) is 6.53. The van der Waals surface area contributed by atoms with Crippen LogP contribution in [0, 0.1) is 23.0 Å². The highest BCUT2D eigenvalue weighted by molar-refractivity contribution is 7.19. The highest BCUT2D eigenvalue weighted by atomic mass is 32.1. The quantitative estimate of drug-likeness (QED) is 0.695. The summed E-state index contributed by atoms with van der Waals surface area (Å²) in [6, 6.07) is 9.05. The number of amides is 1. The number of anilines is 1. The number of nitrogens with zero attached hydrogens (tertiary/aromatic N) is 2. The van der Waals surface area contributed by atoms with Gasteiger partial charge in [0.05, 0.1) is 10.6 Å². The van der Waals surface area contributed by atoms with Gasteiger partial charge in [-0.2, -0.15) is 0 Å². The topological polar surface area (TPSA) is 85.1 Å². The zero-order valence-electron chi connectivity index (χ0n) is 11.3. The third kappa shape index (κ3) is 2.78. The van der Waals surface area contributed by atoms with E-state index in [0.717, 1.165) is 16.1 Å². The molecule has 1 N–H and O–H groups in total. The maximum Gasteiger partial charge on any atom is 0.236 e. The van der Waals surface area contributed by atoms with Crippen LogP contribution in [-0.2, 0) is 4.79 Å². The van der Waals surface area contributed by atoms with Crippen molar-refractivity contribution in [2.75, 3.05) is 5.32 Å². The van der Waals surface area contributed by atoms with Crippen molar-refractivity contribution in [1.82, 2.24) is 4.98 Å². The van der Waals surface area contributed by atoms with Crippen LogP contribution in [0.2, 0.25) is 0 Å². The Morgan fingerprint density at radius 1 is 1.43 bits per heavy atom. The largest absolute Gasteiger partial charge is 0.301 e. The minimum Gasteiger partial charge on any atom is -0.301 e. The van der Waals surface area contributed by atoms with E-state index >= 15 is 0 Å². The van der Waals surface area contributed by atoms with Crippen molar-refractivity contribution in [2.24, 2.45) is 5.92 Å². The number of nitro groups is 1. The van der Waals surface area contributed by atoms with E-state index in [2.05, 4.69) is 10.3 Å². The maximum atomic E-state index is 11.9. The minimum atomic E-state index is -0.736. The lowest BCUT2D eigenvalue weighted by molar-refractivity contribution is -0.497. The van der Waals surface area contributed by atoms with Crippen molar-refractivity contribution >= 4 is 22.4 Å². The fourth-order valence-electron chi connectivity index (χ4n) is 2.20. The molecular weight excluding hydrogens is 290 g/mol. The molecule has 1 heterocycles. The van der Waals surface area contributed by atoms with Crippen molar-refractivity contribution in [1.29, 1.82) is 0 Å². The van der Waals surface area contributed by atoms with Crippen molar-refractivity contribution in [3.63, 3.8) is 0 Å². The standard InChI is InChI=1S/C14H13N3O3S/c1-8-12(9-5-3-2-4-6-9)21-14(15-8)16-13(18)10-7-11(10)17(19)20/h2-6,10-11H,7H2,1H3,(H,15,16,18)/t10-,11-/m0/s1. The first-order chi connectivity index (χ1) is 10.1. The lowest BCUT2D eigenvalue weighted by atomic mass is 10.2. The average molecular weight is 303 g/mol. The summed E-state index contributed by atoms with van der Waals surface area (Å²) in [5, 5.41) is 13.8. The van der Waals surface area contributed by atoms with E-state index in [4.69, 9.17) is 0 Å². The van der Waals surface area contributed by atoms with Crippen molar-refractivity contribution in [3.8, 4) is 10.4 Å².